The molecule has 1 unspecified atom stereocenters. The van der Waals surface area contributed by atoms with E-state index >= 15 is 0 Å². The van der Waals surface area contributed by atoms with Crippen LogP contribution in [0.25, 0.3) is 0 Å². The van der Waals surface area contributed by atoms with Crippen molar-refractivity contribution >= 4 is 17.3 Å². The Kier molecular flexibility index (Phi) is 5.41. The van der Waals surface area contributed by atoms with Gasteiger partial charge in [-0.2, -0.15) is 0 Å². The average molecular weight is 270 g/mol. The highest BCUT2D eigenvalue weighted by atomic mass is 19.1. The van der Waals surface area contributed by atoms with Gasteiger partial charge < -0.3 is 20.5 Å². The zero-order valence-electron chi connectivity index (χ0n) is 11.3. The predicted octanol–water partition coefficient (Wildman–Crippen LogP) is 2.17. The second kappa shape index (κ2) is 6.82. The highest BCUT2D eigenvalue weighted by molar-refractivity contribution is 5.81. The summed E-state index contributed by atoms with van der Waals surface area (Å²) < 4.78 is 23.5. The van der Waals surface area contributed by atoms with E-state index in [-0.39, 0.29) is 11.4 Å². The summed E-state index contributed by atoms with van der Waals surface area (Å²) in [5.74, 6) is -0.849. The van der Waals surface area contributed by atoms with Crippen LogP contribution in [0.3, 0.4) is 0 Å². The Morgan fingerprint density at radius 2 is 2.21 bits per heavy atom. The number of esters is 1. The normalized spacial score (nSPS) is 11.8. The van der Waals surface area contributed by atoms with E-state index in [2.05, 4.69) is 10.1 Å². The summed E-state index contributed by atoms with van der Waals surface area (Å²) in [4.78, 5) is 11.3. The summed E-state index contributed by atoms with van der Waals surface area (Å²) >= 11 is 0. The van der Waals surface area contributed by atoms with E-state index in [0.29, 0.717) is 12.3 Å². The molecule has 0 amide bonds. The Morgan fingerprint density at radius 1 is 1.53 bits per heavy atom. The lowest BCUT2D eigenvalue weighted by Gasteiger charge is -2.16. The average Bonchev–Trinajstić information content (AvgIpc) is 2.39. The molecular formula is C13H19FN2O3. The summed E-state index contributed by atoms with van der Waals surface area (Å²) in [6.07, 6.45) is 0.769. The molecular weight excluding hydrogens is 251 g/mol. The molecule has 0 aromatic heterocycles. The number of carbonyl (C=O) groups is 1. The number of rotatable bonds is 6. The lowest BCUT2D eigenvalue weighted by Crippen LogP contribution is -2.27. The summed E-state index contributed by atoms with van der Waals surface area (Å²) in [5.41, 5.74) is 6.34. The summed E-state index contributed by atoms with van der Waals surface area (Å²) in [7, 11) is 1.30. The van der Waals surface area contributed by atoms with Gasteiger partial charge in [0.05, 0.1) is 25.1 Å². The van der Waals surface area contributed by atoms with Crippen molar-refractivity contribution in [3.05, 3.63) is 17.9 Å². The zero-order chi connectivity index (χ0) is 14.4. The van der Waals surface area contributed by atoms with E-state index < -0.39 is 17.8 Å². The van der Waals surface area contributed by atoms with Gasteiger partial charge in [0.1, 0.15) is 6.04 Å². The third kappa shape index (κ3) is 4.01. The molecule has 1 aromatic carbocycles. The van der Waals surface area contributed by atoms with E-state index in [0.717, 1.165) is 12.5 Å². The molecule has 0 radical (unpaired) electrons. The first kappa shape index (κ1) is 15.1. The monoisotopic (exact) mass is 270 g/mol. The van der Waals surface area contributed by atoms with Gasteiger partial charge in [-0.1, -0.05) is 6.92 Å². The second-order valence-electron chi connectivity index (χ2n) is 4.11. The maximum Gasteiger partial charge on any atom is 0.327 e. The first-order valence-electron chi connectivity index (χ1n) is 6.05. The van der Waals surface area contributed by atoms with E-state index in [4.69, 9.17) is 10.5 Å². The Morgan fingerprint density at radius 3 is 2.79 bits per heavy atom. The van der Waals surface area contributed by atoms with Gasteiger partial charge in [0.25, 0.3) is 0 Å². The first-order valence-corrected chi connectivity index (χ1v) is 6.05. The van der Waals surface area contributed by atoms with Gasteiger partial charge in [0, 0.05) is 12.1 Å². The number of carbonyl (C=O) groups excluding carboxylic acids is 1. The van der Waals surface area contributed by atoms with Crippen LogP contribution in [0.15, 0.2) is 12.1 Å². The summed E-state index contributed by atoms with van der Waals surface area (Å²) in [6, 6.07) is 2.02. The van der Waals surface area contributed by atoms with Crippen LogP contribution < -0.4 is 15.8 Å². The fraction of sp³-hybridized carbons (Fsp3) is 0.462. The van der Waals surface area contributed by atoms with Crippen LogP contribution in [0, 0.1) is 5.82 Å². The van der Waals surface area contributed by atoms with Crippen molar-refractivity contribution in [3.63, 3.8) is 0 Å². The maximum absolute atomic E-state index is 13.6. The topological polar surface area (TPSA) is 73.6 Å². The van der Waals surface area contributed by atoms with Crippen molar-refractivity contribution in [2.45, 2.75) is 26.3 Å². The number of nitrogen functional groups attached to an aromatic ring is 1. The fourth-order valence-electron chi connectivity index (χ4n) is 1.49. The minimum Gasteiger partial charge on any atom is -0.490 e. The molecule has 106 valence electrons. The van der Waals surface area contributed by atoms with Crippen LogP contribution in [-0.4, -0.2) is 25.7 Å². The van der Waals surface area contributed by atoms with Crippen LogP contribution in [0.2, 0.25) is 0 Å². The van der Waals surface area contributed by atoms with Gasteiger partial charge >= 0.3 is 5.97 Å². The molecule has 0 aliphatic carbocycles. The zero-order valence-corrected chi connectivity index (χ0v) is 11.3. The number of anilines is 2. The van der Waals surface area contributed by atoms with Crippen LogP contribution >= 0.6 is 0 Å². The van der Waals surface area contributed by atoms with Crippen LogP contribution in [0.5, 0.6) is 5.75 Å². The Bertz CT molecular complexity index is 452. The number of hydrogen-bond donors (Lipinski definition) is 2. The van der Waals surface area contributed by atoms with Crippen molar-refractivity contribution in [2.75, 3.05) is 24.8 Å². The minimum absolute atomic E-state index is 0.107. The standard InChI is InChI=1S/C13H19FN2O3/c1-4-5-19-12-7-11(10(15)6-9(12)14)16-8(2)13(17)18-3/h6-8,16H,4-5,15H2,1-3H3. The highest BCUT2D eigenvalue weighted by Crippen LogP contribution is 2.28. The molecule has 0 saturated heterocycles. The molecule has 0 aliphatic heterocycles. The van der Waals surface area contributed by atoms with Gasteiger partial charge in [-0.15, -0.1) is 0 Å². The Labute approximate surface area is 111 Å². The number of hydrogen-bond acceptors (Lipinski definition) is 5. The van der Waals surface area contributed by atoms with Gasteiger partial charge in [-0.05, 0) is 13.3 Å². The SMILES string of the molecule is CCCOc1cc(NC(C)C(=O)OC)c(N)cc1F. The lowest BCUT2D eigenvalue weighted by molar-refractivity contribution is -0.141. The quantitative estimate of drug-likeness (QED) is 0.612. The number of benzene rings is 1. The van der Waals surface area contributed by atoms with Crippen molar-refractivity contribution < 1.29 is 18.7 Å². The van der Waals surface area contributed by atoms with Crippen LogP contribution in [-0.2, 0) is 9.53 Å². The highest BCUT2D eigenvalue weighted by Gasteiger charge is 2.16. The van der Waals surface area contributed by atoms with E-state index in [1.165, 1.54) is 13.2 Å². The molecule has 0 saturated carbocycles. The lowest BCUT2D eigenvalue weighted by atomic mass is 10.2. The molecule has 0 fully saturated rings. The second-order valence-corrected chi connectivity index (χ2v) is 4.11. The molecule has 0 spiro atoms. The Balaban J connectivity index is 2.91. The Hall–Kier alpha value is -1.98. The molecule has 19 heavy (non-hydrogen) atoms. The molecule has 1 aromatic rings. The number of nitrogens with one attached hydrogen (secondary N) is 1. The molecule has 0 heterocycles. The van der Waals surface area contributed by atoms with Gasteiger partial charge in [0.2, 0.25) is 0 Å². The predicted molar refractivity (Wildman–Crippen MR) is 71.7 cm³/mol. The molecule has 3 N–H and O–H groups in total. The molecule has 0 aliphatic rings. The minimum atomic E-state index is -0.586. The largest absolute Gasteiger partial charge is 0.490 e. The number of ether oxygens (including phenoxy) is 2. The van der Waals surface area contributed by atoms with E-state index in [1.54, 1.807) is 6.92 Å². The molecule has 5 nitrogen and oxygen atoms in total. The fourth-order valence-corrected chi connectivity index (χ4v) is 1.49. The van der Waals surface area contributed by atoms with Crippen molar-refractivity contribution in [1.29, 1.82) is 0 Å². The van der Waals surface area contributed by atoms with E-state index in [9.17, 15) is 9.18 Å². The molecule has 0 bridgehead atoms. The third-order valence-electron chi connectivity index (χ3n) is 2.49. The molecule has 1 rings (SSSR count). The van der Waals surface area contributed by atoms with Crippen molar-refractivity contribution in [2.24, 2.45) is 0 Å². The summed E-state index contributed by atoms with van der Waals surface area (Å²) in [6.45, 7) is 3.96. The first-order chi connectivity index (χ1) is 8.99. The van der Waals surface area contributed by atoms with E-state index in [1.807, 2.05) is 6.92 Å². The van der Waals surface area contributed by atoms with Crippen molar-refractivity contribution in [1.82, 2.24) is 0 Å². The number of methoxy groups -OCH3 is 1. The number of nitrogens with two attached hydrogens (primary N) is 1. The van der Waals surface area contributed by atoms with Crippen LogP contribution in [0.1, 0.15) is 20.3 Å². The van der Waals surface area contributed by atoms with Crippen molar-refractivity contribution in [3.8, 4) is 5.75 Å². The van der Waals surface area contributed by atoms with Gasteiger partial charge in [-0.3, -0.25) is 0 Å². The van der Waals surface area contributed by atoms with Crippen LogP contribution in [0.4, 0.5) is 15.8 Å². The van der Waals surface area contributed by atoms with Gasteiger partial charge in [-0.25, -0.2) is 9.18 Å². The third-order valence-corrected chi connectivity index (χ3v) is 2.49. The maximum atomic E-state index is 13.6. The molecule has 1 atom stereocenters. The molecule has 6 heteroatoms. The summed E-state index contributed by atoms with van der Waals surface area (Å²) in [5, 5.41) is 2.86. The number of halogens is 1. The smallest absolute Gasteiger partial charge is 0.327 e. The van der Waals surface area contributed by atoms with Gasteiger partial charge in [0.15, 0.2) is 11.6 Å².